The third-order valence-electron chi connectivity index (χ3n) is 5.51. The van der Waals surface area contributed by atoms with Gasteiger partial charge in [-0.05, 0) is 42.5 Å². The molecule has 3 aromatic rings. The van der Waals surface area contributed by atoms with E-state index in [0.29, 0.717) is 16.7 Å². The maximum atomic E-state index is 14.4. The molecule has 0 N–H and O–H groups in total. The topological polar surface area (TPSA) is 3.24 Å². The number of nitrogens with zero attached hydrogens (tertiary/aromatic N) is 2. The summed E-state index contributed by atoms with van der Waals surface area (Å²) in [5.74, 6) is -1.44. The van der Waals surface area contributed by atoms with Crippen LogP contribution in [0.3, 0.4) is 0 Å². The van der Waals surface area contributed by atoms with E-state index in [9.17, 15) is 13.2 Å². The number of hydrogen-bond acceptors (Lipinski definition) is 1. The maximum absolute atomic E-state index is 14.4. The van der Waals surface area contributed by atoms with Crippen LogP contribution in [0.5, 0.6) is 0 Å². The summed E-state index contributed by atoms with van der Waals surface area (Å²) in [5.41, 5.74) is 3.51. The first kappa shape index (κ1) is 17.6. The van der Waals surface area contributed by atoms with Gasteiger partial charge in [0, 0.05) is 22.8 Å². The number of hydrogen-bond donors (Lipinski definition) is 0. The van der Waals surface area contributed by atoms with Gasteiger partial charge in [-0.1, -0.05) is 18.2 Å². The molecule has 0 bridgehead atoms. The number of rotatable bonds is 3. The summed E-state index contributed by atoms with van der Waals surface area (Å²) in [6, 6.07) is 18.0. The Balaban J connectivity index is 1.84. The number of benzene rings is 3. The smallest absolute Gasteiger partial charge is 0.165 e. The SMILES string of the molecule is CN1c2ccccc2C(c2ccc(F)cc2)[N+]1(C)Cc1ccc(F)cc1F. The average molecular weight is 369 g/mol. The van der Waals surface area contributed by atoms with Gasteiger partial charge in [-0.3, -0.25) is 0 Å². The standard InChI is InChI=1S/C22H20F3N2/c1-26-21-6-4-3-5-19(21)22(15-7-10-17(23)11-8-15)27(26,2)14-16-9-12-18(24)13-20(16)25/h3-13,22H,14H2,1-2H3/q+1. The predicted octanol–water partition coefficient (Wildman–Crippen LogP) is 5.20. The minimum atomic E-state index is -0.591. The number of halogens is 3. The molecule has 0 fully saturated rings. The Morgan fingerprint density at radius 2 is 1.56 bits per heavy atom. The van der Waals surface area contributed by atoms with Crippen LogP contribution < -0.4 is 5.01 Å². The van der Waals surface area contributed by atoms with E-state index in [-0.39, 0.29) is 11.9 Å². The molecule has 0 amide bonds. The van der Waals surface area contributed by atoms with Crippen LogP contribution in [-0.2, 0) is 6.54 Å². The van der Waals surface area contributed by atoms with Crippen molar-refractivity contribution in [1.29, 1.82) is 0 Å². The first-order valence-electron chi connectivity index (χ1n) is 8.78. The minimum Gasteiger partial charge on any atom is -0.226 e. The highest BCUT2D eigenvalue weighted by atomic mass is 19.1. The van der Waals surface area contributed by atoms with Crippen LogP contribution in [0, 0.1) is 17.5 Å². The van der Waals surface area contributed by atoms with Crippen molar-refractivity contribution in [1.82, 2.24) is 0 Å². The second-order valence-electron chi connectivity index (χ2n) is 7.14. The normalized spacial score (nSPS) is 21.4. The number of para-hydroxylation sites is 1. The number of quaternary nitrogens is 1. The highest BCUT2D eigenvalue weighted by molar-refractivity contribution is 5.57. The van der Waals surface area contributed by atoms with Crippen molar-refractivity contribution in [2.75, 3.05) is 19.1 Å². The van der Waals surface area contributed by atoms with Gasteiger partial charge in [-0.25, -0.2) is 22.8 Å². The van der Waals surface area contributed by atoms with E-state index in [1.165, 1.54) is 24.3 Å². The van der Waals surface area contributed by atoms with E-state index >= 15 is 0 Å². The van der Waals surface area contributed by atoms with Crippen molar-refractivity contribution >= 4 is 5.69 Å². The molecule has 0 saturated carbocycles. The molecule has 138 valence electrons. The first-order valence-corrected chi connectivity index (χ1v) is 8.78. The van der Waals surface area contributed by atoms with Gasteiger partial charge in [0.25, 0.3) is 0 Å². The van der Waals surface area contributed by atoms with E-state index in [4.69, 9.17) is 0 Å². The molecule has 1 aliphatic heterocycles. The highest BCUT2D eigenvalue weighted by Crippen LogP contribution is 2.48. The molecule has 27 heavy (non-hydrogen) atoms. The van der Waals surface area contributed by atoms with E-state index in [1.807, 2.05) is 38.4 Å². The lowest BCUT2D eigenvalue weighted by Gasteiger charge is -2.41. The molecule has 0 spiro atoms. The molecule has 4 rings (SSSR count). The second-order valence-corrected chi connectivity index (χ2v) is 7.14. The Morgan fingerprint density at radius 1 is 0.889 bits per heavy atom. The Labute approximate surface area is 156 Å². The second kappa shape index (κ2) is 6.43. The molecule has 2 unspecified atom stereocenters. The third kappa shape index (κ3) is 2.88. The zero-order valence-electron chi connectivity index (χ0n) is 15.2. The molecule has 1 heterocycles. The van der Waals surface area contributed by atoms with E-state index in [0.717, 1.165) is 22.9 Å². The Morgan fingerprint density at radius 3 is 2.26 bits per heavy atom. The monoisotopic (exact) mass is 369 g/mol. The molecule has 2 nitrogen and oxygen atoms in total. The lowest BCUT2D eigenvalue weighted by molar-refractivity contribution is -0.947. The summed E-state index contributed by atoms with van der Waals surface area (Å²) in [6.07, 6.45) is 0. The summed E-state index contributed by atoms with van der Waals surface area (Å²) < 4.78 is 41.5. The van der Waals surface area contributed by atoms with Gasteiger partial charge in [-0.2, -0.15) is 0 Å². The van der Waals surface area contributed by atoms with Crippen molar-refractivity contribution in [3.05, 3.63) is 101 Å². The molecular weight excluding hydrogens is 349 g/mol. The van der Waals surface area contributed by atoms with Crippen molar-refractivity contribution in [3.8, 4) is 0 Å². The summed E-state index contributed by atoms with van der Waals surface area (Å²) in [6.45, 7) is 0.333. The number of anilines is 1. The van der Waals surface area contributed by atoms with Crippen LogP contribution in [0.15, 0.2) is 66.7 Å². The Hall–Kier alpha value is -2.79. The molecule has 5 heteroatoms. The van der Waals surface area contributed by atoms with E-state index in [1.54, 1.807) is 12.1 Å². The average Bonchev–Trinajstić information content (AvgIpc) is 2.87. The molecule has 1 aliphatic rings. The van der Waals surface area contributed by atoms with Gasteiger partial charge in [0.05, 0.1) is 19.8 Å². The van der Waals surface area contributed by atoms with Crippen molar-refractivity contribution < 1.29 is 17.8 Å². The number of fused-ring (bicyclic) bond motifs is 1. The lowest BCUT2D eigenvalue weighted by atomic mass is 9.97. The van der Waals surface area contributed by atoms with Crippen molar-refractivity contribution in [2.24, 2.45) is 0 Å². The zero-order chi connectivity index (χ0) is 19.2. The summed E-state index contributed by atoms with van der Waals surface area (Å²) in [4.78, 5) is 0. The predicted molar refractivity (Wildman–Crippen MR) is 99.3 cm³/mol. The highest BCUT2D eigenvalue weighted by Gasteiger charge is 2.48. The quantitative estimate of drug-likeness (QED) is 0.573. The molecule has 0 aromatic heterocycles. The zero-order valence-corrected chi connectivity index (χ0v) is 15.2. The molecule has 0 aliphatic carbocycles. The van der Waals surface area contributed by atoms with Crippen molar-refractivity contribution in [2.45, 2.75) is 12.6 Å². The van der Waals surface area contributed by atoms with Crippen LogP contribution in [0.2, 0.25) is 0 Å². The fraction of sp³-hybridized carbons (Fsp3) is 0.182. The van der Waals surface area contributed by atoms with Crippen molar-refractivity contribution in [3.63, 3.8) is 0 Å². The van der Waals surface area contributed by atoms with Gasteiger partial charge >= 0.3 is 0 Å². The largest absolute Gasteiger partial charge is 0.226 e. The molecule has 2 atom stereocenters. The fourth-order valence-corrected chi connectivity index (χ4v) is 4.07. The van der Waals surface area contributed by atoms with Gasteiger partial charge in [0.2, 0.25) is 0 Å². The van der Waals surface area contributed by atoms with Crippen LogP contribution in [0.4, 0.5) is 18.9 Å². The lowest BCUT2D eigenvalue weighted by Crippen LogP contribution is -2.53. The molecular formula is C22H20F3N2+. The summed E-state index contributed by atoms with van der Waals surface area (Å²) in [7, 11) is 3.97. The Bertz CT molecular complexity index is 987. The van der Waals surface area contributed by atoms with Crippen LogP contribution in [0.1, 0.15) is 22.7 Å². The fourth-order valence-electron chi connectivity index (χ4n) is 4.07. The van der Waals surface area contributed by atoms with Crippen LogP contribution in [-0.4, -0.2) is 18.7 Å². The van der Waals surface area contributed by atoms with Gasteiger partial charge in [0.15, 0.2) is 6.04 Å². The summed E-state index contributed by atoms with van der Waals surface area (Å²) >= 11 is 0. The van der Waals surface area contributed by atoms with E-state index < -0.39 is 11.6 Å². The summed E-state index contributed by atoms with van der Waals surface area (Å²) in [5, 5.41) is 2.09. The maximum Gasteiger partial charge on any atom is 0.165 e. The van der Waals surface area contributed by atoms with Gasteiger partial charge in [0.1, 0.15) is 24.0 Å². The van der Waals surface area contributed by atoms with Gasteiger partial charge in [-0.15, -0.1) is 0 Å². The van der Waals surface area contributed by atoms with Crippen LogP contribution in [0.25, 0.3) is 0 Å². The van der Waals surface area contributed by atoms with E-state index in [2.05, 4.69) is 5.01 Å². The molecule has 0 radical (unpaired) electrons. The third-order valence-corrected chi connectivity index (χ3v) is 5.51. The Kier molecular flexibility index (Phi) is 4.19. The molecule has 0 saturated heterocycles. The minimum absolute atomic E-state index is 0.128. The molecule has 3 aromatic carbocycles. The van der Waals surface area contributed by atoms with Crippen LogP contribution >= 0.6 is 0 Å². The first-order chi connectivity index (χ1) is 12.9. The van der Waals surface area contributed by atoms with Gasteiger partial charge < -0.3 is 0 Å².